The highest BCUT2D eigenvalue weighted by atomic mass is 35.5. The molecule has 596 valence electrons. The molecule has 0 spiro atoms. The molecule has 0 radical (unpaired) electrons. The first kappa shape index (κ1) is 81.7. The van der Waals surface area contributed by atoms with Gasteiger partial charge in [-0.3, -0.25) is 9.80 Å². The van der Waals surface area contributed by atoms with Crippen LogP contribution in [0.5, 0.6) is 11.5 Å². The SMILES string of the molecule is CCOc1ccc(-c2cc([C@@H]3O[C@H](C(CCN4CCOCC4)OC(=O)OC(CCN4CCOCC4)[C@H]4O[C@@H](c5ccc(Cl)c(-c6ccc(OCC)cc6)c5)[C@H](OCc5ccccc5)[C@@H](OCc5ccccc5)[C@@H]4OCc4ccccc4)[C@@H](OCc4ccccc4)[C@H](OCc4ccccc4)[C@H]3OCc3ccccc3)ccc2Cl)cc1. The summed E-state index contributed by atoms with van der Waals surface area (Å²) >= 11 is 14.6. The molecule has 14 rings (SSSR count). The van der Waals surface area contributed by atoms with E-state index in [4.69, 9.17) is 89.5 Å². The second kappa shape index (κ2) is 42.2. The molecule has 0 bridgehead atoms. The van der Waals surface area contributed by atoms with Gasteiger partial charge in [0.2, 0.25) is 0 Å². The Morgan fingerprint density at radius 2 is 0.658 bits per heavy atom. The monoisotopic (exact) mass is 1580 g/mol. The van der Waals surface area contributed by atoms with E-state index in [1.807, 2.05) is 269 Å². The summed E-state index contributed by atoms with van der Waals surface area (Å²) in [6.45, 7) is 11.7. The van der Waals surface area contributed by atoms with E-state index in [0.29, 0.717) is 89.0 Å². The fraction of sp³-hybridized carbons (Fsp3) is 0.358. The first-order chi connectivity index (χ1) is 56.2. The zero-order chi connectivity index (χ0) is 78.1. The Hall–Kier alpha value is -8.83. The van der Waals surface area contributed by atoms with Crippen molar-refractivity contribution in [3.63, 3.8) is 0 Å². The van der Waals surface area contributed by atoms with Gasteiger partial charge in [-0.15, -0.1) is 0 Å². The normalized spacial score (nSPS) is 22.0. The zero-order valence-electron chi connectivity index (χ0n) is 64.7. The number of hydrogen-bond donors (Lipinski definition) is 0. The maximum Gasteiger partial charge on any atom is 0.509 e. The van der Waals surface area contributed by atoms with Gasteiger partial charge in [0.25, 0.3) is 0 Å². The molecule has 4 aliphatic rings. The summed E-state index contributed by atoms with van der Waals surface area (Å²) in [7, 11) is 0. The van der Waals surface area contributed by atoms with Crippen LogP contribution in [-0.4, -0.2) is 156 Å². The molecule has 4 fully saturated rings. The van der Waals surface area contributed by atoms with Gasteiger partial charge in [0, 0.05) is 60.4 Å². The molecular formula is C95H102Cl2N2O15. The third kappa shape index (κ3) is 22.4. The first-order valence-corrected chi connectivity index (χ1v) is 40.7. The number of carbonyl (C=O) groups excluding carboxylic acids is 1. The van der Waals surface area contributed by atoms with E-state index in [-0.39, 0.29) is 52.5 Å². The molecular weight excluding hydrogens is 1480 g/mol. The summed E-state index contributed by atoms with van der Waals surface area (Å²) in [5.41, 5.74) is 10.3. The Labute approximate surface area is 680 Å². The lowest BCUT2D eigenvalue weighted by Gasteiger charge is -2.49. The second-order valence-corrected chi connectivity index (χ2v) is 29.9. The molecule has 4 heterocycles. The van der Waals surface area contributed by atoms with Crippen LogP contribution < -0.4 is 9.47 Å². The Morgan fingerprint density at radius 3 is 0.956 bits per heavy atom. The van der Waals surface area contributed by atoms with E-state index in [1.54, 1.807) is 0 Å². The number of nitrogens with zero attached hydrogens (tertiary/aromatic N) is 2. The molecule has 0 saturated carbocycles. The van der Waals surface area contributed by atoms with E-state index in [0.717, 1.165) is 78.3 Å². The van der Waals surface area contributed by atoms with E-state index < -0.39 is 79.4 Å². The number of hydrogen-bond acceptors (Lipinski definition) is 17. The topological polar surface area (TPSA) is 153 Å². The first-order valence-electron chi connectivity index (χ1n) is 39.9. The molecule has 19 heteroatoms. The largest absolute Gasteiger partial charge is 0.509 e. The standard InChI is InChI=1S/C95H102Cl2N2O15/c1-3-103-77-41-35-73(36-42-77)79-59-75(39-45-81(79)96)85-89(105-61-67-23-11-5-12-24-67)93(109-65-71-31-19-9-20-32-71)91(107-63-69-27-15-7-16-28-69)87(113-85)83(47-49-98-51-55-101-56-52-98)111-95(100)112-84(48-50-99-53-57-102-58-54-99)88-92(108-64-70-29-17-8-18-30-70)94(110-66-72-33-21-10-22-34-72)90(106-62-68-25-13-6-14-26-68)86(114-88)76-40-46-82(97)80(60-76)74-37-43-78(44-38-74)104-4-2/h5-46,59-60,83-94H,3-4,47-58,61-66H2,1-2H3/t83?,84?,85-,86-,87+,88+,89-,90-,91+,92+,93+,94+/m0/s1. The molecule has 12 atom stereocenters. The summed E-state index contributed by atoms with van der Waals surface area (Å²) in [6.07, 6.45) is -11.9. The highest BCUT2D eigenvalue weighted by molar-refractivity contribution is 6.33. The van der Waals surface area contributed by atoms with E-state index in [2.05, 4.69) is 21.9 Å². The minimum Gasteiger partial charge on any atom is -0.494 e. The Kier molecular flexibility index (Phi) is 30.2. The van der Waals surface area contributed by atoms with Crippen LogP contribution in [0.1, 0.15) is 83.4 Å². The highest BCUT2D eigenvalue weighted by Gasteiger charge is 2.55. The number of carbonyl (C=O) groups is 1. The van der Waals surface area contributed by atoms with Gasteiger partial charge in [0.1, 0.15) is 84.7 Å². The van der Waals surface area contributed by atoms with Crippen molar-refractivity contribution < 1.29 is 71.1 Å². The third-order valence-electron chi connectivity index (χ3n) is 21.3. The minimum atomic E-state index is -1.09. The molecule has 10 aromatic carbocycles. The van der Waals surface area contributed by atoms with Gasteiger partial charge in [-0.25, -0.2) is 4.79 Å². The average molecular weight is 1580 g/mol. The predicted molar refractivity (Wildman–Crippen MR) is 440 cm³/mol. The smallest absolute Gasteiger partial charge is 0.494 e. The molecule has 4 aliphatic heterocycles. The summed E-state index contributed by atoms with van der Waals surface area (Å²) in [6, 6.07) is 87.9. The van der Waals surface area contributed by atoms with E-state index in [1.165, 1.54) is 0 Å². The quantitative estimate of drug-likeness (QED) is 0.0342. The van der Waals surface area contributed by atoms with Crippen molar-refractivity contribution in [2.24, 2.45) is 0 Å². The second-order valence-electron chi connectivity index (χ2n) is 29.1. The van der Waals surface area contributed by atoms with Crippen molar-refractivity contribution in [1.82, 2.24) is 9.80 Å². The van der Waals surface area contributed by atoms with Gasteiger partial charge in [-0.1, -0.05) is 242 Å². The molecule has 0 amide bonds. The van der Waals surface area contributed by atoms with Crippen LogP contribution in [0.4, 0.5) is 4.79 Å². The number of morpholine rings is 2. The van der Waals surface area contributed by atoms with Crippen LogP contribution in [0, 0.1) is 0 Å². The Morgan fingerprint density at radius 1 is 0.368 bits per heavy atom. The number of rotatable bonds is 36. The van der Waals surface area contributed by atoms with Crippen molar-refractivity contribution in [2.45, 2.75) is 140 Å². The minimum absolute atomic E-state index is 0.142. The maximum atomic E-state index is 16.5. The summed E-state index contributed by atoms with van der Waals surface area (Å²) in [5, 5.41) is 1.06. The summed E-state index contributed by atoms with van der Waals surface area (Å²) < 4.78 is 98.3. The van der Waals surface area contributed by atoms with Crippen LogP contribution in [0.25, 0.3) is 22.3 Å². The molecule has 10 aromatic rings. The van der Waals surface area contributed by atoms with Crippen molar-refractivity contribution in [3.05, 3.63) is 321 Å². The van der Waals surface area contributed by atoms with Crippen molar-refractivity contribution in [3.8, 4) is 33.8 Å². The molecule has 0 N–H and O–H groups in total. The van der Waals surface area contributed by atoms with Gasteiger partial charge < -0.3 is 66.3 Å². The third-order valence-corrected chi connectivity index (χ3v) is 22.0. The van der Waals surface area contributed by atoms with Gasteiger partial charge in [-0.2, -0.15) is 0 Å². The summed E-state index contributed by atoms with van der Waals surface area (Å²) in [4.78, 5) is 21.1. The van der Waals surface area contributed by atoms with Crippen LogP contribution in [0.15, 0.2) is 267 Å². The number of halogens is 2. The average Bonchev–Trinajstić information content (AvgIpc) is 0.763. The zero-order valence-corrected chi connectivity index (χ0v) is 66.3. The van der Waals surface area contributed by atoms with Crippen LogP contribution in [0.3, 0.4) is 0 Å². The van der Waals surface area contributed by atoms with Gasteiger partial charge in [0.05, 0.1) is 79.3 Å². The molecule has 2 unspecified atom stereocenters. The number of ether oxygens (including phenoxy) is 14. The van der Waals surface area contributed by atoms with Gasteiger partial charge in [-0.05, 0) is 131 Å². The fourth-order valence-corrected chi connectivity index (χ4v) is 15.9. The fourth-order valence-electron chi connectivity index (χ4n) is 15.4. The molecule has 17 nitrogen and oxygen atoms in total. The maximum absolute atomic E-state index is 16.5. The lowest BCUT2D eigenvalue weighted by Crippen LogP contribution is -2.62. The van der Waals surface area contributed by atoms with Crippen molar-refractivity contribution in [2.75, 3.05) is 78.9 Å². The van der Waals surface area contributed by atoms with Crippen LogP contribution in [0.2, 0.25) is 10.0 Å². The van der Waals surface area contributed by atoms with Crippen molar-refractivity contribution in [1.29, 1.82) is 0 Å². The van der Waals surface area contributed by atoms with Gasteiger partial charge >= 0.3 is 6.16 Å². The van der Waals surface area contributed by atoms with Crippen molar-refractivity contribution >= 4 is 29.4 Å². The van der Waals surface area contributed by atoms with E-state index in [9.17, 15) is 0 Å². The van der Waals surface area contributed by atoms with Crippen LogP contribution >= 0.6 is 23.2 Å². The summed E-state index contributed by atoms with van der Waals surface area (Å²) in [5.74, 6) is 1.47. The van der Waals surface area contributed by atoms with E-state index >= 15 is 4.79 Å². The predicted octanol–water partition coefficient (Wildman–Crippen LogP) is 18.6. The molecule has 114 heavy (non-hydrogen) atoms. The molecule has 0 aromatic heterocycles. The number of benzene rings is 10. The Bertz CT molecular complexity index is 4210. The van der Waals surface area contributed by atoms with Gasteiger partial charge in [0.15, 0.2) is 0 Å². The molecule has 0 aliphatic carbocycles. The molecule has 4 saturated heterocycles. The van der Waals surface area contributed by atoms with Crippen LogP contribution in [-0.2, 0) is 96.5 Å². The Balaban J connectivity index is 0.900. The highest BCUT2D eigenvalue weighted by Crippen LogP contribution is 2.46. The lowest BCUT2D eigenvalue weighted by atomic mass is 9.86. The lowest BCUT2D eigenvalue weighted by molar-refractivity contribution is -0.289.